The van der Waals surface area contributed by atoms with E-state index in [0.29, 0.717) is 12.2 Å². The average molecular weight is 448 g/mol. The van der Waals surface area contributed by atoms with E-state index < -0.39 is 0 Å². The minimum Gasteiger partial charge on any atom is -0.489 e. The van der Waals surface area contributed by atoms with E-state index in [1.54, 1.807) is 0 Å². The Balaban J connectivity index is 1.29. The van der Waals surface area contributed by atoms with Crippen LogP contribution in [0.1, 0.15) is 27.4 Å². The highest BCUT2D eigenvalue weighted by atomic mass is 16.5. The van der Waals surface area contributed by atoms with Crippen LogP contribution in [-0.2, 0) is 20.1 Å². The van der Waals surface area contributed by atoms with Crippen LogP contribution >= 0.6 is 0 Å². The lowest BCUT2D eigenvalue weighted by molar-refractivity contribution is 0.0992. The lowest BCUT2D eigenvalue weighted by atomic mass is 10.0. The van der Waals surface area contributed by atoms with E-state index in [4.69, 9.17) is 4.74 Å². The second kappa shape index (κ2) is 9.32. The summed E-state index contributed by atoms with van der Waals surface area (Å²) in [6.45, 7) is 2.48. The molecule has 0 radical (unpaired) electrons. The molecule has 0 aliphatic rings. The largest absolute Gasteiger partial charge is 0.489 e. The van der Waals surface area contributed by atoms with Crippen LogP contribution in [0.5, 0.6) is 5.75 Å². The SMILES string of the molecule is Cc1ncc(-c2ccc3cnc(CC(=O)c4ccc(OCc5ccccc5)cc4)cc3c2)n1C. The van der Waals surface area contributed by atoms with Crippen molar-refractivity contribution in [3.8, 4) is 17.0 Å². The van der Waals surface area contributed by atoms with Gasteiger partial charge in [-0.25, -0.2) is 4.98 Å². The zero-order valence-electron chi connectivity index (χ0n) is 19.2. The third-order valence-corrected chi connectivity index (χ3v) is 6.06. The number of aryl methyl sites for hydroxylation is 1. The number of carbonyl (C=O) groups excluding carboxylic acids is 1. The van der Waals surface area contributed by atoms with Crippen LogP contribution in [0, 0.1) is 6.92 Å². The zero-order chi connectivity index (χ0) is 23.5. The van der Waals surface area contributed by atoms with Crippen LogP contribution in [0.15, 0.2) is 91.3 Å². The number of pyridine rings is 1. The molecule has 2 heterocycles. The number of hydrogen-bond acceptors (Lipinski definition) is 4. The van der Waals surface area contributed by atoms with Crippen molar-refractivity contribution in [1.29, 1.82) is 0 Å². The summed E-state index contributed by atoms with van der Waals surface area (Å²) in [4.78, 5) is 21.8. The molecule has 168 valence electrons. The minimum atomic E-state index is 0.0277. The zero-order valence-corrected chi connectivity index (χ0v) is 19.2. The highest BCUT2D eigenvalue weighted by Gasteiger charge is 2.11. The molecule has 0 unspecified atom stereocenters. The van der Waals surface area contributed by atoms with Gasteiger partial charge in [-0.1, -0.05) is 42.5 Å². The Morgan fingerprint density at radius 1 is 0.882 bits per heavy atom. The van der Waals surface area contributed by atoms with E-state index >= 15 is 0 Å². The normalized spacial score (nSPS) is 11.0. The molecule has 0 aliphatic carbocycles. The Morgan fingerprint density at radius 3 is 2.41 bits per heavy atom. The Bertz CT molecular complexity index is 1450. The summed E-state index contributed by atoms with van der Waals surface area (Å²) in [5.74, 6) is 1.73. The molecule has 0 saturated heterocycles. The first-order valence-electron chi connectivity index (χ1n) is 11.2. The summed E-state index contributed by atoms with van der Waals surface area (Å²) in [6, 6.07) is 25.6. The van der Waals surface area contributed by atoms with Gasteiger partial charge in [0.25, 0.3) is 0 Å². The van der Waals surface area contributed by atoms with Gasteiger partial charge in [-0.05, 0) is 54.3 Å². The molecule has 0 aliphatic heterocycles. The number of nitrogens with zero attached hydrogens (tertiary/aromatic N) is 3. The van der Waals surface area contributed by atoms with Crippen molar-refractivity contribution in [2.45, 2.75) is 20.0 Å². The van der Waals surface area contributed by atoms with Gasteiger partial charge in [0.2, 0.25) is 0 Å². The minimum absolute atomic E-state index is 0.0277. The molecule has 34 heavy (non-hydrogen) atoms. The maximum absolute atomic E-state index is 12.9. The number of carbonyl (C=O) groups is 1. The first kappa shape index (κ1) is 21.6. The van der Waals surface area contributed by atoms with Crippen LogP contribution in [0.3, 0.4) is 0 Å². The molecule has 5 rings (SSSR count). The van der Waals surface area contributed by atoms with Crippen LogP contribution in [-0.4, -0.2) is 20.3 Å². The van der Waals surface area contributed by atoms with Crippen molar-refractivity contribution in [3.63, 3.8) is 0 Å². The van der Waals surface area contributed by atoms with Crippen LogP contribution in [0.4, 0.5) is 0 Å². The van der Waals surface area contributed by atoms with Crippen molar-refractivity contribution in [2.24, 2.45) is 7.05 Å². The maximum atomic E-state index is 12.9. The molecule has 0 bridgehead atoms. The van der Waals surface area contributed by atoms with Gasteiger partial charge in [0.15, 0.2) is 5.78 Å². The number of rotatable bonds is 7. The fourth-order valence-electron chi connectivity index (χ4n) is 3.96. The predicted molar refractivity (Wildman–Crippen MR) is 134 cm³/mol. The molecule has 0 spiro atoms. The third kappa shape index (κ3) is 4.59. The van der Waals surface area contributed by atoms with Gasteiger partial charge in [-0.3, -0.25) is 9.78 Å². The molecular formula is C29H25N3O2. The summed E-state index contributed by atoms with van der Waals surface area (Å²) in [5.41, 5.74) is 4.65. The molecule has 0 N–H and O–H groups in total. The quantitative estimate of drug-likeness (QED) is 0.289. The molecule has 2 aromatic heterocycles. The first-order valence-corrected chi connectivity index (χ1v) is 11.2. The fraction of sp³-hybridized carbons (Fsp3) is 0.138. The average Bonchev–Trinajstić information content (AvgIpc) is 3.21. The fourth-order valence-corrected chi connectivity index (χ4v) is 3.96. The predicted octanol–water partition coefficient (Wildman–Crippen LogP) is 5.95. The number of aromatic nitrogens is 3. The summed E-state index contributed by atoms with van der Waals surface area (Å²) >= 11 is 0. The monoisotopic (exact) mass is 447 g/mol. The highest BCUT2D eigenvalue weighted by molar-refractivity contribution is 5.98. The Labute approximate surface area is 198 Å². The lowest BCUT2D eigenvalue weighted by Gasteiger charge is -2.08. The van der Waals surface area contributed by atoms with Crippen molar-refractivity contribution >= 4 is 16.6 Å². The van der Waals surface area contributed by atoms with Gasteiger partial charge in [-0.15, -0.1) is 0 Å². The van der Waals surface area contributed by atoms with Gasteiger partial charge in [-0.2, -0.15) is 0 Å². The standard InChI is InChI=1S/C29H25N3O2/c1-20-30-18-28(32(20)2)23-8-9-24-17-31-26(15-25(24)14-23)16-29(33)22-10-12-27(13-11-22)34-19-21-6-4-3-5-7-21/h3-15,17-18H,16,19H2,1-2H3. The molecule has 0 saturated carbocycles. The molecule has 5 nitrogen and oxygen atoms in total. The molecule has 5 heteroatoms. The number of Topliss-reactive ketones (excluding diaryl/α,β-unsaturated/α-hetero) is 1. The maximum Gasteiger partial charge on any atom is 0.168 e. The van der Waals surface area contributed by atoms with Gasteiger partial charge >= 0.3 is 0 Å². The number of imidazole rings is 1. The summed E-state index contributed by atoms with van der Waals surface area (Å²) in [7, 11) is 2.01. The summed E-state index contributed by atoms with van der Waals surface area (Å²) in [6.07, 6.45) is 3.96. The number of ketones is 1. The Hall–Kier alpha value is -4.25. The summed E-state index contributed by atoms with van der Waals surface area (Å²) < 4.78 is 7.89. The Morgan fingerprint density at radius 2 is 1.68 bits per heavy atom. The number of hydrogen-bond donors (Lipinski definition) is 0. The molecule has 3 aromatic carbocycles. The summed E-state index contributed by atoms with van der Waals surface area (Å²) in [5, 5.41) is 2.09. The van der Waals surface area contributed by atoms with Crippen LogP contribution in [0.25, 0.3) is 22.0 Å². The van der Waals surface area contributed by atoms with Gasteiger partial charge < -0.3 is 9.30 Å². The molecule has 0 fully saturated rings. The number of ether oxygens (including phenoxy) is 1. The van der Waals surface area contributed by atoms with E-state index in [1.807, 2.05) is 87.0 Å². The number of fused-ring (bicyclic) bond motifs is 1. The Kier molecular flexibility index (Phi) is 5.91. The van der Waals surface area contributed by atoms with Crippen molar-refractivity contribution in [1.82, 2.24) is 14.5 Å². The van der Waals surface area contributed by atoms with Crippen molar-refractivity contribution in [3.05, 3.63) is 114 Å². The highest BCUT2D eigenvalue weighted by Crippen LogP contribution is 2.25. The van der Waals surface area contributed by atoms with Gasteiger partial charge in [0, 0.05) is 35.5 Å². The van der Waals surface area contributed by atoms with Crippen molar-refractivity contribution in [2.75, 3.05) is 0 Å². The van der Waals surface area contributed by atoms with Gasteiger partial charge in [0.1, 0.15) is 18.2 Å². The topological polar surface area (TPSA) is 57.0 Å². The molecule has 0 amide bonds. The van der Waals surface area contributed by atoms with Crippen molar-refractivity contribution < 1.29 is 9.53 Å². The molecule has 5 aromatic rings. The van der Waals surface area contributed by atoms with Crippen LogP contribution in [0.2, 0.25) is 0 Å². The van der Waals surface area contributed by atoms with E-state index in [-0.39, 0.29) is 12.2 Å². The van der Waals surface area contributed by atoms with E-state index in [0.717, 1.165) is 44.9 Å². The molecule has 0 atom stereocenters. The smallest absolute Gasteiger partial charge is 0.168 e. The van der Waals surface area contributed by atoms with E-state index in [1.165, 1.54) is 0 Å². The lowest BCUT2D eigenvalue weighted by Crippen LogP contribution is -2.05. The second-order valence-corrected chi connectivity index (χ2v) is 8.39. The third-order valence-electron chi connectivity index (χ3n) is 6.06. The molecular weight excluding hydrogens is 422 g/mol. The second-order valence-electron chi connectivity index (χ2n) is 8.39. The van der Waals surface area contributed by atoms with Gasteiger partial charge in [0.05, 0.1) is 18.3 Å². The van der Waals surface area contributed by atoms with E-state index in [9.17, 15) is 4.79 Å². The van der Waals surface area contributed by atoms with Crippen LogP contribution < -0.4 is 4.74 Å². The van der Waals surface area contributed by atoms with E-state index in [2.05, 4.69) is 32.7 Å². The number of benzene rings is 3. The first-order chi connectivity index (χ1) is 16.6.